The van der Waals surface area contributed by atoms with Crippen molar-refractivity contribution in [3.8, 4) is 11.5 Å². The second-order valence-corrected chi connectivity index (χ2v) is 12.4. The number of carbonyl (C=O) groups is 1. The number of carbonyl (C=O) groups excluding carboxylic acids is 1. The van der Waals surface area contributed by atoms with Gasteiger partial charge in [0.05, 0.1) is 35.4 Å². The van der Waals surface area contributed by atoms with Crippen molar-refractivity contribution in [2.24, 2.45) is 0 Å². The highest BCUT2D eigenvalue weighted by atomic mass is 32.2. The highest BCUT2D eigenvalue weighted by Crippen LogP contribution is 2.31. The van der Waals surface area contributed by atoms with Gasteiger partial charge in [-0.3, -0.25) is 13.8 Å². The fourth-order valence-electron chi connectivity index (χ4n) is 4.01. The molecule has 41 heavy (non-hydrogen) atoms. The van der Waals surface area contributed by atoms with Crippen molar-refractivity contribution in [1.29, 1.82) is 0 Å². The van der Waals surface area contributed by atoms with Crippen LogP contribution in [0.25, 0.3) is 0 Å². The lowest BCUT2D eigenvalue weighted by Gasteiger charge is -2.25. The van der Waals surface area contributed by atoms with E-state index >= 15 is 0 Å². The lowest BCUT2D eigenvalue weighted by molar-refractivity contribution is -0.114. The van der Waals surface area contributed by atoms with E-state index in [1.165, 1.54) is 56.7 Å². The summed E-state index contributed by atoms with van der Waals surface area (Å²) in [6.07, 6.45) is 0. The van der Waals surface area contributed by atoms with E-state index in [-0.39, 0.29) is 21.2 Å². The second-order valence-electron chi connectivity index (χ2n) is 8.86. The Bertz CT molecular complexity index is 1740. The molecule has 4 aromatic carbocycles. The van der Waals surface area contributed by atoms with E-state index < -0.39 is 32.5 Å². The molecule has 0 saturated heterocycles. The summed E-state index contributed by atoms with van der Waals surface area (Å²) < 4.78 is 67.0. The first-order chi connectivity index (χ1) is 19.5. The number of hydrogen-bond acceptors (Lipinski definition) is 7. The lowest BCUT2D eigenvalue weighted by Crippen LogP contribution is -2.38. The van der Waals surface area contributed by atoms with E-state index in [0.29, 0.717) is 22.7 Å². The van der Waals surface area contributed by atoms with E-state index in [2.05, 4.69) is 10.0 Å². The molecule has 0 aliphatic heterocycles. The van der Waals surface area contributed by atoms with Gasteiger partial charge < -0.3 is 14.8 Å². The Balaban J connectivity index is 1.53. The Kier molecular flexibility index (Phi) is 8.84. The molecule has 0 aliphatic rings. The topological polar surface area (TPSA) is 131 Å². The summed E-state index contributed by atoms with van der Waals surface area (Å²) in [5, 5.41) is 2.65. The van der Waals surface area contributed by atoms with Crippen molar-refractivity contribution in [2.45, 2.75) is 16.7 Å². The number of hydrogen-bond donors (Lipinski definition) is 2. The van der Waals surface area contributed by atoms with Gasteiger partial charge in [-0.25, -0.2) is 16.8 Å². The van der Waals surface area contributed by atoms with Crippen molar-refractivity contribution in [2.75, 3.05) is 35.1 Å². The zero-order valence-electron chi connectivity index (χ0n) is 22.6. The van der Waals surface area contributed by atoms with Crippen LogP contribution < -0.4 is 23.8 Å². The first-order valence-corrected chi connectivity index (χ1v) is 15.3. The Morgan fingerprint density at radius 1 is 0.780 bits per heavy atom. The number of rotatable bonds is 11. The van der Waals surface area contributed by atoms with E-state index in [0.717, 1.165) is 4.31 Å². The van der Waals surface area contributed by atoms with Gasteiger partial charge in [-0.15, -0.1) is 0 Å². The van der Waals surface area contributed by atoms with Crippen LogP contribution in [0.4, 0.5) is 17.1 Å². The molecule has 1 amide bonds. The highest BCUT2D eigenvalue weighted by molar-refractivity contribution is 7.93. The van der Waals surface area contributed by atoms with Gasteiger partial charge in [-0.1, -0.05) is 36.4 Å². The highest BCUT2D eigenvalue weighted by Gasteiger charge is 2.28. The van der Waals surface area contributed by atoms with Gasteiger partial charge in [0.1, 0.15) is 18.0 Å². The maximum Gasteiger partial charge on any atom is 0.264 e. The predicted octanol–water partition coefficient (Wildman–Crippen LogP) is 4.65. The molecule has 0 bridgehead atoms. The van der Waals surface area contributed by atoms with Crippen molar-refractivity contribution in [3.05, 3.63) is 103 Å². The summed E-state index contributed by atoms with van der Waals surface area (Å²) in [5.74, 6) is 0.139. The van der Waals surface area contributed by atoms with Crippen molar-refractivity contribution < 1.29 is 31.1 Å². The average Bonchev–Trinajstić information content (AvgIpc) is 2.97. The number of amides is 1. The molecule has 0 atom stereocenters. The fourth-order valence-corrected chi connectivity index (χ4v) is 6.58. The van der Waals surface area contributed by atoms with Gasteiger partial charge >= 0.3 is 0 Å². The van der Waals surface area contributed by atoms with Crippen LogP contribution in [0.2, 0.25) is 0 Å². The number of nitrogens with zero attached hydrogens (tertiary/aromatic N) is 1. The standard InChI is InChI=1S/C29H29N3O7S2/c1-21-9-7-8-12-27(21)32(41(36,37)25-10-5-4-6-11-25)20-29(33)30-22-13-16-24(17-14-22)40(34,35)31-26-19-23(38-2)15-18-28(26)39-3/h4-19,31H,20H2,1-3H3,(H,30,33). The minimum Gasteiger partial charge on any atom is -0.497 e. The third-order valence-corrected chi connectivity index (χ3v) is 9.26. The second kappa shape index (κ2) is 12.3. The van der Waals surface area contributed by atoms with E-state index in [9.17, 15) is 21.6 Å². The SMILES string of the molecule is COc1ccc(OC)c(NS(=O)(=O)c2ccc(NC(=O)CN(c3ccccc3C)S(=O)(=O)c3ccccc3)cc2)c1. The first-order valence-electron chi connectivity index (χ1n) is 12.3. The van der Waals surface area contributed by atoms with Gasteiger partial charge in [-0.2, -0.15) is 0 Å². The van der Waals surface area contributed by atoms with Gasteiger partial charge in [0, 0.05) is 11.8 Å². The minimum absolute atomic E-state index is 0.0470. The van der Waals surface area contributed by atoms with Crippen LogP contribution in [0.1, 0.15) is 5.56 Å². The molecule has 0 heterocycles. The van der Waals surface area contributed by atoms with E-state index in [4.69, 9.17) is 9.47 Å². The zero-order chi connectivity index (χ0) is 29.6. The predicted molar refractivity (Wildman–Crippen MR) is 158 cm³/mol. The third-order valence-electron chi connectivity index (χ3n) is 6.10. The van der Waals surface area contributed by atoms with E-state index in [1.807, 2.05) is 0 Å². The summed E-state index contributed by atoms with van der Waals surface area (Å²) in [4.78, 5) is 13.1. The molecule has 2 N–H and O–H groups in total. The molecular weight excluding hydrogens is 566 g/mol. The molecule has 0 saturated carbocycles. The monoisotopic (exact) mass is 595 g/mol. The van der Waals surface area contributed by atoms with Crippen LogP contribution in [0.15, 0.2) is 107 Å². The Morgan fingerprint density at radius 3 is 2.07 bits per heavy atom. The Hall–Kier alpha value is -4.55. The maximum absolute atomic E-state index is 13.5. The number of anilines is 3. The number of nitrogens with one attached hydrogen (secondary N) is 2. The molecule has 0 aromatic heterocycles. The number of methoxy groups -OCH3 is 2. The van der Waals surface area contributed by atoms with Crippen LogP contribution in [0.3, 0.4) is 0 Å². The van der Waals surface area contributed by atoms with Crippen LogP contribution in [-0.4, -0.2) is 43.5 Å². The smallest absolute Gasteiger partial charge is 0.264 e. The summed E-state index contributed by atoms with van der Waals surface area (Å²) in [6.45, 7) is 1.26. The summed E-state index contributed by atoms with van der Waals surface area (Å²) in [5.41, 5.74) is 1.52. The number of aryl methyl sites for hydroxylation is 1. The molecular formula is C29H29N3O7S2. The fraction of sp³-hybridized carbons (Fsp3) is 0.138. The number of para-hydroxylation sites is 1. The molecule has 4 aromatic rings. The molecule has 0 radical (unpaired) electrons. The van der Waals surface area contributed by atoms with E-state index in [1.54, 1.807) is 61.5 Å². The largest absolute Gasteiger partial charge is 0.497 e. The molecule has 10 nitrogen and oxygen atoms in total. The van der Waals surface area contributed by atoms with Gasteiger partial charge in [-0.05, 0) is 67.1 Å². The average molecular weight is 596 g/mol. The van der Waals surface area contributed by atoms with Gasteiger partial charge in [0.2, 0.25) is 5.91 Å². The lowest BCUT2D eigenvalue weighted by atomic mass is 10.2. The van der Waals surface area contributed by atoms with Crippen LogP contribution in [-0.2, 0) is 24.8 Å². The van der Waals surface area contributed by atoms with Crippen molar-refractivity contribution in [1.82, 2.24) is 0 Å². The Morgan fingerprint density at radius 2 is 1.44 bits per heavy atom. The number of sulfonamides is 2. The van der Waals surface area contributed by atoms with Crippen molar-refractivity contribution in [3.63, 3.8) is 0 Å². The third kappa shape index (κ3) is 6.79. The molecule has 214 valence electrons. The minimum atomic E-state index is -4.06. The normalized spacial score (nSPS) is 11.4. The molecule has 0 fully saturated rings. The number of benzene rings is 4. The van der Waals surface area contributed by atoms with Crippen LogP contribution in [0.5, 0.6) is 11.5 Å². The summed E-state index contributed by atoms with van der Waals surface area (Å²) in [7, 11) is -5.19. The van der Waals surface area contributed by atoms with Crippen LogP contribution in [0, 0.1) is 6.92 Å². The maximum atomic E-state index is 13.5. The quantitative estimate of drug-likeness (QED) is 0.258. The summed E-state index contributed by atoms with van der Waals surface area (Å²) in [6, 6.07) is 24.9. The van der Waals surface area contributed by atoms with Gasteiger partial charge in [0.25, 0.3) is 20.0 Å². The summed E-state index contributed by atoms with van der Waals surface area (Å²) >= 11 is 0. The van der Waals surface area contributed by atoms with Gasteiger partial charge in [0.15, 0.2) is 0 Å². The molecule has 4 rings (SSSR count). The molecule has 0 aliphatic carbocycles. The Labute approximate surface area is 239 Å². The zero-order valence-corrected chi connectivity index (χ0v) is 24.2. The number of ether oxygens (including phenoxy) is 2. The molecule has 12 heteroatoms. The van der Waals surface area contributed by atoms with Crippen molar-refractivity contribution >= 4 is 43.0 Å². The van der Waals surface area contributed by atoms with Crippen LogP contribution >= 0.6 is 0 Å². The molecule has 0 spiro atoms. The molecule has 0 unspecified atom stereocenters. The first kappa shape index (κ1) is 29.4.